The molecule has 0 bridgehead atoms. The van der Waals surface area contributed by atoms with Crippen molar-refractivity contribution >= 4 is 11.1 Å². The van der Waals surface area contributed by atoms with Crippen LogP contribution in [-0.2, 0) is 11.3 Å². The molecule has 1 heterocycles. The van der Waals surface area contributed by atoms with Crippen LogP contribution in [0.15, 0.2) is 48.6 Å². The SMILES string of the molecule is Cc1ccc(COCCCCCC/C=C2\C=C(C(F)(F)F)c3cc4c(cc32)OCO4)cc1. The Labute approximate surface area is 186 Å². The summed E-state index contributed by atoms with van der Waals surface area (Å²) in [5, 5.41) is 0. The first-order valence-electron chi connectivity index (χ1n) is 11.0. The van der Waals surface area contributed by atoms with Crippen molar-refractivity contribution in [1.82, 2.24) is 0 Å². The van der Waals surface area contributed by atoms with Crippen LogP contribution in [0, 0.1) is 6.92 Å². The molecule has 3 nitrogen and oxygen atoms in total. The van der Waals surface area contributed by atoms with Crippen LogP contribution in [0.25, 0.3) is 11.1 Å². The summed E-state index contributed by atoms with van der Waals surface area (Å²) in [6.07, 6.45) is 3.42. The van der Waals surface area contributed by atoms with E-state index in [-0.39, 0.29) is 12.4 Å². The lowest BCUT2D eigenvalue weighted by molar-refractivity contribution is -0.0687. The van der Waals surface area contributed by atoms with Gasteiger partial charge in [-0.05, 0) is 66.7 Å². The largest absolute Gasteiger partial charge is 0.454 e. The number of hydrogen-bond acceptors (Lipinski definition) is 3. The van der Waals surface area contributed by atoms with Gasteiger partial charge < -0.3 is 14.2 Å². The van der Waals surface area contributed by atoms with Crippen molar-refractivity contribution < 1.29 is 27.4 Å². The minimum atomic E-state index is -4.41. The number of rotatable bonds is 9. The maximum absolute atomic E-state index is 13.5. The number of benzene rings is 2. The van der Waals surface area contributed by atoms with Gasteiger partial charge in [-0.3, -0.25) is 0 Å². The molecular formula is C26H27F3O3. The van der Waals surface area contributed by atoms with Gasteiger partial charge in [-0.15, -0.1) is 0 Å². The first-order valence-corrected chi connectivity index (χ1v) is 11.0. The van der Waals surface area contributed by atoms with Crippen molar-refractivity contribution in [1.29, 1.82) is 0 Å². The van der Waals surface area contributed by atoms with E-state index < -0.39 is 11.7 Å². The molecule has 0 atom stereocenters. The summed E-state index contributed by atoms with van der Waals surface area (Å²) < 4.78 is 56.8. The fourth-order valence-corrected chi connectivity index (χ4v) is 3.95. The quantitative estimate of drug-likeness (QED) is 0.382. The Morgan fingerprint density at radius 3 is 2.34 bits per heavy atom. The highest BCUT2D eigenvalue weighted by Crippen LogP contribution is 2.48. The van der Waals surface area contributed by atoms with E-state index in [9.17, 15) is 13.2 Å². The van der Waals surface area contributed by atoms with Crippen molar-refractivity contribution in [2.45, 2.75) is 51.8 Å². The highest BCUT2D eigenvalue weighted by atomic mass is 19.4. The van der Waals surface area contributed by atoms with Crippen LogP contribution in [0.4, 0.5) is 13.2 Å². The summed E-state index contributed by atoms with van der Waals surface area (Å²) in [6.45, 7) is 3.44. The van der Waals surface area contributed by atoms with Crippen LogP contribution < -0.4 is 9.47 Å². The summed E-state index contributed by atoms with van der Waals surface area (Å²) in [4.78, 5) is 0. The summed E-state index contributed by atoms with van der Waals surface area (Å²) in [5.41, 5.74) is 3.12. The Kier molecular flexibility index (Phi) is 6.89. The lowest BCUT2D eigenvalue weighted by Crippen LogP contribution is -2.09. The average molecular weight is 444 g/mol. The molecule has 170 valence electrons. The maximum Gasteiger partial charge on any atom is 0.417 e. The number of allylic oxidation sites excluding steroid dienone is 4. The fourth-order valence-electron chi connectivity index (χ4n) is 3.95. The monoisotopic (exact) mass is 444 g/mol. The lowest BCUT2D eigenvalue weighted by atomic mass is 10.0. The van der Waals surface area contributed by atoms with Gasteiger partial charge in [0.2, 0.25) is 6.79 Å². The van der Waals surface area contributed by atoms with Crippen LogP contribution in [0.3, 0.4) is 0 Å². The summed E-state index contributed by atoms with van der Waals surface area (Å²) >= 11 is 0. The molecule has 6 heteroatoms. The van der Waals surface area contributed by atoms with E-state index >= 15 is 0 Å². The Hall–Kier alpha value is -2.73. The highest BCUT2D eigenvalue weighted by molar-refractivity contribution is 5.98. The van der Waals surface area contributed by atoms with E-state index in [0.29, 0.717) is 35.8 Å². The van der Waals surface area contributed by atoms with E-state index in [1.807, 2.05) is 6.08 Å². The molecule has 1 aliphatic carbocycles. The third-order valence-electron chi connectivity index (χ3n) is 5.72. The molecule has 2 aliphatic rings. The molecule has 4 rings (SSSR count). The zero-order valence-corrected chi connectivity index (χ0v) is 18.1. The highest BCUT2D eigenvalue weighted by Gasteiger charge is 2.40. The van der Waals surface area contributed by atoms with Crippen molar-refractivity contribution in [3.8, 4) is 11.5 Å². The second-order valence-electron chi connectivity index (χ2n) is 8.21. The number of fused-ring (bicyclic) bond motifs is 2. The van der Waals surface area contributed by atoms with E-state index in [1.54, 1.807) is 6.07 Å². The van der Waals surface area contributed by atoms with Crippen LogP contribution in [-0.4, -0.2) is 19.6 Å². The summed E-state index contributed by atoms with van der Waals surface area (Å²) in [5.74, 6) is 0.863. The van der Waals surface area contributed by atoms with Crippen molar-refractivity contribution in [2.24, 2.45) is 0 Å². The molecule has 1 aliphatic heterocycles. The predicted molar refractivity (Wildman–Crippen MR) is 118 cm³/mol. The van der Waals surface area contributed by atoms with E-state index in [2.05, 4.69) is 31.2 Å². The van der Waals surface area contributed by atoms with Gasteiger partial charge >= 0.3 is 6.18 Å². The Morgan fingerprint density at radius 2 is 1.62 bits per heavy atom. The maximum atomic E-state index is 13.5. The Morgan fingerprint density at radius 1 is 0.938 bits per heavy atom. The number of unbranched alkanes of at least 4 members (excludes halogenated alkanes) is 4. The van der Waals surface area contributed by atoms with Gasteiger partial charge in [0.05, 0.1) is 12.2 Å². The van der Waals surface area contributed by atoms with Crippen LogP contribution in [0.2, 0.25) is 0 Å². The fraction of sp³-hybridized carbons (Fsp3) is 0.385. The normalized spacial score (nSPS) is 15.9. The van der Waals surface area contributed by atoms with E-state index in [1.165, 1.54) is 23.3 Å². The second kappa shape index (κ2) is 9.82. The van der Waals surface area contributed by atoms with Crippen LogP contribution in [0.1, 0.15) is 54.4 Å². The van der Waals surface area contributed by atoms with Gasteiger partial charge in [0.25, 0.3) is 0 Å². The molecule has 0 unspecified atom stereocenters. The smallest absolute Gasteiger partial charge is 0.417 e. The van der Waals surface area contributed by atoms with E-state index in [4.69, 9.17) is 14.2 Å². The lowest BCUT2D eigenvalue weighted by Gasteiger charge is -2.10. The van der Waals surface area contributed by atoms with Gasteiger partial charge in [0.15, 0.2) is 11.5 Å². The predicted octanol–water partition coefficient (Wildman–Crippen LogP) is 7.23. The van der Waals surface area contributed by atoms with Gasteiger partial charge in [-0.2, -0.15) is 13.2 Å². The standard InChI is InChI=1S/C26H27F3O3/c1-18-8-10-19(11-9-18)16-30-12-6-4-2-3-5-7-20-13-23(26(27,28)29)22-15-25-24(14-21(20)22)31-17-32-25/h7-11,13-15H,2-6,12,16-17H2,1H3/b20-7+. The number of alkyl halides is 3. The minimum Gasteiger partial charge on any atom is -0.454 e. The van der Waals surface area contributed by atoms with Crippen molar-refractivity contribution in [3.63, 3.8) is 0 Å². The molecule has 0 amide bonds. The molecule has 2 aromatic carbocycles. The molecule has 0 fully saturated rings. The van der Waals surface area contributed by atoms with E-state index in [0.717, 1.165) is 32.1 Å². The van der Waals surface area contributed by atoms with Gasteiger partial charge in [0, 0.05) is 6.61 Å². The third kappa shape index (κ3) is 5.36. The summed E-state index contributed by atoms with van der Waals surface area (Å²) in [7, 11) is 0. The molecule has 0 aromatic heterocycles. The Balaban J connectivity index is 1.23. The van der Waals surface area contributed by atoms with Crippen LogP contribution in [0.5, 0.6) is 11.5 Å². The summed E-state index contributed by atoms with van der Waals surface area (Å²) in [6, 6.07) is 11.4. The van der Waals surface area contributed by atoms with Crippen molar-refractivity contribution in [3.05, 3.63) is 70.8 Å². The number of aryl methyl sites for hydroxylation is 1. The zero-order chi connectivity index (χ0) is 22.6. The molecule has 0 spiro atoms. The number of halogens is 3. The average Bonchev–Trinajstić information content (AvgIpc) is 3.36. The molecule has 0 N–H and O–H groups in total. The van der Waals surface area contributed by atoms with Gasteiger partial charge in [-0.1, -0.05) is 48.7 Å². The third-order valence-corrected chi connectivity index (χ3v) is 5.72. The van der Waals surface area contributed by atoms with Crippen molar-refractivity contribution in [2.75, 3.05) is 13.4 Å². The molecule has 32 heavy (non-hydrogen) atoms. The second-order valence-corrected chi connectivity index (χ2v) is 8.21. The molecule has 0 saturated heterocycles. The Bertz CT molecular complexity index is 1000. The molecule has 0 saturated carbocycles. The minimum absolute atomic E-state index is 0.0388. The number of ether oxygens (including phenoxy) is 3. The van der Waals surface area contributed by atoms with Crippen LogP contribution >= 0.6 is 0 Å². The topological polar surface area (TPSA) is 27.7 Å². The molecule has 0 radical (unpaired) electrons. The molecule has 2 aromatic rings. The molecular weight excluding hydrogens is 417 g/mol. The first kappa shape index (κ1) is 22.5. The number of hydrogen-bond donors (Lipinski definition) is 0. The first-order chi connectivity index (χ1) is 15.4. The van der Waals surface area contributed by atoms with Gasteiger partial charge in [-0.25, -0.2) is 0 Å². The zero-order valence-electron chi connectivity index (χ0n) is 18.1. The van der Waals surface area contributed by atoms with Gasteiger partial charge in [0.1, 0.15) is 0 Å².